The van der Waals surface area contributed by atoms with Crippen LogP contribution in [0.15, 0.2) is 77.3 Å². The number of hydrogen-bond acceptors (Lipinski definition) is 1. The first-order chi connectivity index (χ1) is 14.1. The van der Waals surface area contributed by atoms with Crippen LogP contribution in [0.3, 0.4) is 0 Å². The van der Waals surface area contributed by atoms with Crippen LogP contribution in [0, 0.1) is 6.92 Å². The summed E-state index contributed by atoms with van der Waals surface area (Å²) < 4.78 is 1.06. The third kappa shape index (κ3) is 3.21. The molecule has 0 saturated heterocycles. The highest BCUT2D eigenvalue weighted by atomic mass is 79.9. The number of hydrogen-bond donors (Lipinski definition) is 2. The molecule has 3 nitrogen and oxygen atoms in total. The van der Waals surface area contributed by atoms with E-state index in [0.717, 1.165) is 49.6 Å². The number of imidazole rings is 1. The van der Waals surface area contributed by atoms with Gasteiger partial charge in [0, 0.05) is 37.8 Å². The molecule has 0 aliphatic carbocycles. The number of fused-ring (bicyclic) bond motifs is 1. The highest BCUT2D eigenvalue weighted by molar-refractivity contribution is 9.10. The third-order valence-electron chi connectivity index (χ3n) is 5.29. The molecular formula is C24H19BBrN3. The van der Waals surface area contributed by atoms with Crippen molar-refractivity contribution in [2.24, 2.45) is 0 Å². The zero-order valence-corrected chi connectivity index (χ0v) is 17.8. The van der Waals surface area contributed by atoms with E-state index < -0.39 is 0 Å². The molecule has 140 valence electrons. The normalized spacial score (nSPS) is 11.2. The number of rotatable bonds is 3. The second-order valence-electron chi connectivity index (χ2n) is 7.35. The van der Waals surface area contributed by atoms with Gasteiger partial charge in [-0.1, -0.05) is 76.0 Å². The van der Waals surface area contributed by atoms with Crippen LogP contribution in [0.2, 0.25) is 0 Å². The minimum atomic E-state index is 0.883. The van der Waals surface area contributed by atoms with Gasteiger partial charge in [-0.25, -0.2) is 4.98 Å². The number of aromatic nitrogens is 3. The van der Waals surface area contributed by atoms with Gasteiger partial charge in [-0.15, -0.1) is 0 Å². The van der Waals surface area contributed by atoms with Crippen LogP contribution in [-0.4, -0.2) is 22.8 Å². The number of aryl methyl sites for hydroxylation is 1. The molecule has 2 aromatic heterocycles. The van der Waals surface area contributed by atoms with Crippen molar-refractivity contribution in [2.45, 2.75) is 6.92 Å². The molecule has 0 spiro atoms. The van der Waals surface area contributed by atoms with Crippen molar-refractivity contribution in [3.8, 4) is 33.9 Å². The molecule has 0 atom stereocenters. The van der Waals surface area contributed by atoms with Gasteiger partial charge in [-0.05, 0) is 25.1 Å². The minimum absolute atomic E-state index is 0.883. The van der Waals surface area contributed by atoms with E-state index in [0.29, 0.717) is 0 Å². The molecule has 0 bridgehead atoms. The molecule has 3 aromatic carbocycles. The molecule has 0 aliphatic heterocycles. The molecule has 0 radical (unpaired) electrons. The van der Waals surface area contributed by atoms with Crippen molar-refractivity contribution in [2.75, 3.05) is 0 Å². The fourth-order valence-corrected chi connectivity index (χ4v) is 4.08. The van der Waals surface area contributed by atoms with Crippen LogP contribution >= 0.6 is 15.9 Å². The first kappa shape index (κ1) is 18.0. The molecule has 5 aromatic rings. The minimum Gasteiger partial charge on any atom is -0.358 e. The Morgan fingerprint density at radius 3 is 2.28 bits per heavy atom. The van der Waals surface area contributed by atoms with Crippen molar-refractivity contribution in [1.82, 2.24) is 15.0 Å². The quantitative estimate of drug-likeness (QED) is 0.372. The molecule has 0 fully saturated rings. The maximum Gasteiger partial charge on any atom is 0.140 e. The van der Waals surface area contributed by atoms with Gasteiger partial charge < -0.3 is 9.97 Å². The number of aromatic amines is 2. The number of benzene rings is 3. The first-order valence-corrected chi connectivity index (χ1v) is 10.4. The maximum absolute atomic E-state index is 5.07. The number of para-hydroxylation sites is 1. The summed E-state index contributed by atoms with van der Waals surface area (Å²) in [6.07, 6.45) is 0. The van der Waals surface area contributed by atoms with Crippen LogP contribution in [0.5, 0.6) is 0 Å². The number of nitrogens with one attached hydrogen (secondary N) is 2. The standard InChI is InChI=1S/C24H19BBrN3/c1-14-21(19-4-2-3-5-20(19)27-14)24-28-22(15-6-10-17(25)11-7-15)23(29-24)16-8-12-18(26)13-9-16/h2-13,27H,25H2,1H3,(H,28,29). The zero-order chi connectivity index (χ0) is 20.0. The predicted octanol–water partition coefficient (Wildman–Crippen LogP) is 5.22. The topological polar surface area (TPSA) is 44.5 Å². The Morgan fingerprint density at radius 1 is 0.828 bits per heavy atom. The average Bonchev–Trinajstić information content (AvgIpc) is 3.29. The fraction of sp³-hybridized carbons (Fsp3) is 0.0417. The molecule has 0 aliphatic rings. The molecule has 2 N–H and O–H groups in total. The fourth-order valence-electron chi connectivity index (χ4n) is 3.82. The molecule has 5 heteroatoms. The largest absolute Gasteiger partial charge is 0.358 e. The van der Waals surface area contributed by atoms with Crippen LogP contribution in [0.1, 0.15) is 5.69 Å². The summed E-state index contributed by atoms with van der Waals surface area (Å²) in [7, 11) is 2.10. The summed E-state index contributed by atoms with van der Waals surface area (Å²) in [5.41, 5.74) is 8.81. The lowest BCUT2D eigenvalue weighted by atomic mass is 9.94. The van der Waals surface area contributed by atoms with E-state index in [1.54, 1.807) is 0 Å². The summed E-state index contributed by atoms with van der Waals surface area (Å²) >= 11 is 3.53. The van der Waals surface area contributed by atoms with Gasteiger partial charge >= 0.3 is 0 Å². The molecule has 0 saturated carbocycles. The van der Waals surface area contributed by atoms with Crippen molar-refractivity contribution < 1.29 is 0 Å². The molecule has 5 rings (SSSR count). The van der Waals surface area contributed by atoms with Crippen molar-refractivity contribution in [1.29, 1.82) is 0 Å². The zero-order valence-electron chi connectivity index (χ0n) is 16.3. The van der Waals surface area contributed by atoms with Crippen LogP contribution in [0.25, 0.3) is 44.8 Å². The molecule has 2 heterocycles. The summed E-state index contributed by atoms with van der Waals surface area (Å²) in [6, 6.07) is 25.2. The summed E-state index contributed by atoms with van der Waals surface area (Å²) in [4.78, 5) is 12.2. The smallest absolute Gasteiger partial charge is 0.140 e. The molecular weight excluding hydrogens is 421 g/mol. The lowest BCUT2D eigenvalue weighted by molar-refractivity contribution is 1.25. The first-order valence-electron chi connectivity index (χ1n) is 9.61. The molecule has 0 amide bonds. The Labute approximate surface area is 178 Å². The second kappa shape index (κ2) is 7.09. The van der Waals surface area contributed by atoms with Crippen LogP contribution in [0.4, 0.5) is 0 Å². The Hall–Kier alpha value is -3.05. The van der Waals surface area contributed by atoms with Crippen molar-refractivity contribution >= 4 is 40.1 Å². The van der Waals surface area contributed by atoms with Gasteiger partial charge in [0.15, 0.2) is 0 Å². The highest BCUT2D eigenvalue weighted by Gasteiger charge is 2.19. The van der Waals surface area contributed by atoms with Gasteiger partial charge in [0.1, 0.15) is 13.7 Å². The number of H-pyrrole nitrogens is 2. The van der Waals surface area contributed by atoms with Gasteiger partial charge in [0.2, 0.25) is 0 Å². The van der Waals surface area contributed by atoms with E-state index >= 15 is 0 Å². The number of nitrogens with zero attached hydrogens (tertiary/aromatic N) is 1. The lowest BCUT2D eigenvalue weighted by Crippen LogP contribution is -1.99. The predicted molar refractivity (Wildman–Crippen MR) is 127 cm³/mol. The lowest BCUT2D eigenvalue weighted by Gasteiger charge is -2.04. The Morgan fingerprint density at radius 2 is 1.52 bits per heavy atom. The average molecular weight is 440 g/mol. The van der Waals surface area contributed by atoms with Crippen molar-refractivity contribution in [3.63, 3.8) is 0 Å². The Kier molecular flexibility index (Phi) is 4.40. The van der Waals surface area contributed by atoms with E-state index in [2.05, 4.69) is 113 Å². The monoisotopic (exact) mass is 439 g/mol. The molecule has 29 heavy (non-hydrogen) atoms. The summed E-state index contributed by atoms with van der Waals surface area (Å²) in [5, 5.41) is 1.18. The van der Waals surface area contributed by atoms with E-state index in [-0.39, 0.29) is 0 Å². The second-order valence-corrected chi connectivity index (χ2v) is 8.27. The summed E-state index contributed by atoms with van der Waals surface area (Å²) in [5.74, 6) is 0.883. The van der Waals surface area contributed by atoms with Crippen molar-refractivity contribution in [3.05, 3.63) is 83.0 Å². The van der Waals surface area contributed by atoms with E-state index in [9.17, 15) is 0 Å². The Balaban J connectivity index is 1.75. The van der Waals surface area contributed by atoms with E-state index in [1.807, 2.05) is 0 Å². The Bertz CT molecular complexity index is 1250. The third-order valence-corrected chi connectivity index (χ3v) is 5.82. The van der Waals surface area contributed by atoms with Gasteiger partial charge in [0.25, 0.3) is 0 Å². The van der Waals surface area contributed by atoms with Gasteiger partial charge in [-0.2, -0.15) is 0 Å². The highest BCUT2D eigenvalue weighted by Crippen LogP contribution is 2.36. The number of halogens is 1. The van der Waals surface area contributed by atoms with E-state index in [1.165, 1.54) is 10.8 Å². The SMILES string of the molecule is Bc1ccc(-c2[nH]c(-c3c(C)[nH]c4ccccc34)nc2-c2ccc(Br)cc2)cc1. The van der Waals surface area contributed by atoms with Gasteiger partial charge in [0.05, 0.1) is 11.4 Å². The van der Waals surface area contributed by atoms with Gasteiger partial charge in [-0.3, -0.25) is 0 Å². The van der Waals surface area contributed by atoms with Crippen LogP contribution in [-0.2, 0) is 0 Å². The van der Waals surface area contributed by atoms with Crippen LogP contribution < -0.4 is 5.46 Å². The maximum atomic E-state index is 5.07. The summed E-state index contributed by atoms with van der Waals surface area (Å²) in [6.45, 7) is 2.10. The van der Waals surface area contributed by atoms with E-state index in [4.69, 9.17) is 4.98 Å². The molecule has 0 unspecified atom stereocenters.